The molecule has 5 nitrogen and oxygen atoms in total. The molecular weight excluding hydrogens is 196 g/mol. The highest BCUT2D eigenvalue weighted by molar-refractivity contribution is 5.73. The van der Waals surface area contributed by atoms with Crippen LogP contribution in [0.4, 0.5) is 4.79 Å². The summed E-state index contributed by atoms with van der Waals surface area (Å²) in [5.41, 5.74) is 0. The predicted molar refractivity (Wildman–Crippen MR) is 54.1 cm³/mol. The molecule has 5 heteroatoms. The molecule has 1 aliphatic carbocycles. The third kappa shape index (κ3) is 2.82. The second-order valence-corrected chi connectivity index (χ2v) is 4.30. The minimum atomic E-state index is -0.540. The molecule has 1 heterocycles. The molecule has 0 aromatic carbocycles. The van der Waals surface area contributed by atoms with Crippen LogP contribution in [0.15, 0.2) is 0 Å². The Labute approximate surface area is 89.3 Å². The average Bonchev–Trinajstić information content (AvgIpc) is 2.66. The zero-order valence-electron chi connectivity index (χ0n) is 8.82. The third-order valence-corrected chi connectivity index (χ3v) is 2.96. The van der Waals surface area contributed by atoms with Gasteiger partial charge in [-0.2, -0.15) is 0 Å². The number of hydrogen-bond donors (Lipinski definition) is 2. The van der Waals surface area contributed by atoms with Crippen LogP contribution in [0, 0.1) is 0 Å². The van der Waals surface area contributed by atoms with Gasteiger partial charge in [-0.05, 0) is 12.8 Å². The van der Waals surface area contributed by atoms with E-state index in [-0.39, 0.29) is 25.2 Å². The molecule has 0 bridgehead atoms. The molecule has 1 saturated carbocycles. The summed E-state index contributed by atoms with van der Waals surface area (Å²) >= 11 is 0. The van der Waals surface area contributed by atoms with E-state index in [2.05, 4.69) is 5.32 Å². The summed E-state index contributed by atoms with van der Waals surface area (Å²) in [6, 6.07) is 0.0750. The molecule has 0 aromatic rings. The Morgan fingerprint density at radius 1 is 1.33 bits per heavy atom. The van der Waals surface area contributed by atoms with Gasteiger partial charge in [0.05, 0.1) is 6.54 Å². The number of β-amino-alcohol motifs (C(OH)–C–C–N with tert-alkyl or cyclic N) is 1. The van der Waals surface area contributed by atoms with Crippen LogP contribution in [0.5, 0.6) is 0 Å². The van der Waals surface area contributed by atoms with Crippen LogP contribution < -0.4 is 5.32 Å². The Morgan fingerprint density at radius 2 is 2.07 bits per heavy atom. The number of aliphatic hydroxyl groups excluding tert-OH is 1. The van der Waals surface area contributed by atoms with Gasteiger partial charge in [-0.3, -0.25) is 4.84 Å². The van der Waals surface area contributed by atoms with Gasteiger partial charge in [-0.25, -0.2) is 9.86 Å². The zero-order chi connectivity index (χ0) is 10.7. The number of hydrogen-bond acceptors (Lipinski definition) is 3. The Bertz CT molecular complexity index is 229. The SMILES string of the molecule is O=C(NC1CCCCC1)N1C[C@@H](O)CO1. The van der Waals surface area contributed by atoms with Crippen LogP contribution in [0.3, 0.4) is 0 Å². The van der Waals surface area contributed by atoms with Crippen molar-refractivity contribution in [2.24, 2.45) is 0 Å². The Kier molecular flexibility index (Phi) is 3.43. The molecule has 2 amide bonds. The van der Waals surface area contributed by atoms with E-state index in [1.165, 1.54) is 24.3 Å². The maximum atomic E-state index is 11.6. The van der Waals surface area contributed by atoms with Crippen molar-refractivity contribution in [1.29, 1.82) is 0 Å². The number of amides is 2. The average molecular weight is 214 g/mol. The fraction of sp³-hybridized carbons (Fsp3) is 0.900. The van der Waals surface area contributed by atoms with E-state index in [0.717, 1.165) is 12.8 Å². The summed E-state index contributed by atoms with van der Waals surface area (Å²) in [4.78, 5) is 16.7. The van der Waals surface area contributed by atoms with E-state index in [0.29, 0.717) is 0 Å². The first-order valence-corrected chi connectivity index (χ1v) is 5.65. The van der Waals surface area contributed by atoms with Crippen LogP contribution in [-0.2, 0) is 4.84 Å². The van der Waals surface area contributed by atoms with Crippen LogP contribution >= 0.6 is 0 Å². The largest absolute Gasteiger partial charge is 0.389 e. The van der Waals surface area contributed by atoms with E-state index in [1.807, 2.05) is 0 Å². The highest BCUT2D eigenvalue weighted by Crippen LogP contribution is 2.18. The van der Waals surface area contributed by atoms with Crippen molar-refractivity contribution in [3.8, 4) is 0 Å². The molecule has 0 radical (unpaired) electrons. The minimum Gasteiger partial charge on any atom is -0.389 e. The molecule has 2 fully saturated rings. The fourth-order valence-corrected chi connectivity index (χ4v) is 2.11. The van der Waals surface area contributed by atoms with Gasteiger partial charge in [0.25, 0.3) is 0 Å². The lowest BCUT2D eigenvalue weighted by molar-refractivity contribution is -0.0688. The molecule has 0 unspecified atom stereocenters. The van der Waals surface area contributed by atoms with E-state index in [9.17, 15) is 9.90 Å². The summed E-state index contributed by atoms with van der Waals surface area (Å²) in [7, 11) is 0. The van der Waals surface area contributed by atoms with Crippen molar-refractivity contribution >= 4 is 6.03 Å². The molecule has 86 valence electrons. The molecule has 2 aliphatic rings. The van der Waals surface area contributed by atoms with Crippen molar-refractivity contribution in [2.45, 2.75) is 44.2 Å². The first kappa shape index (κ1) is 10.7. The van der Waals surface area contributed by atoms with Crippen LogP contribution in [0.25, 0.3) is 0 Å². The number of carbonyl (C=O) groups excluding carboxylic acids is 1. The summed E-state index contributed by atoms with van der Waals surface area (Å²) < 4.78 is 0. The summed E-state index contributed by atoms with van der Waals surface area (Å²) in [6.45, 7) is 0.497. The molecule has 0 spiro atoms. The van der Waals surface area contributed by atoms with Gasteiger partial charge in [0.1, 0.15) is 12.7 Å². The van der Waals surface area contributed by atoms with E-state index in [4.69, 9.17) is 4.84 Å². The lowest BCUT2D eigenvalue weighted by atomic mass is 9.96. The first-order chi connectivity index (χ1) is 7.25. The summed E-state index contributed by atoms with van der Waals surface area (Å²) in [5.74, 6) is 0. The second kappa shape index (κ2) is 4.81. The molecule has 1 saturated heterocycles. The topological polar surface area (TPSA) is 61.8 Å². The predicted octanol–water partition coefficient (Wildman–Crippen LogP) is 0.637. The van der Waals surface area contributed by atoms with Crippen molar-refractivity contribution in [3.05, 3.63) is 0 Å². The fourth-order valence-electron chi connectivity index (χ4n) is 2.11. The lowest BCUT2D eigenvalue weighted by Crippen LogP contribution is -2.44. The third-order valence-electron chi connectivity index (χ3n) is 2.96. The first-order valence-electron chi connectivity index (χ1n) is 5.65. The molecule has 2 rings (SSSR count). The van der Waals surface area contributed by atoms with Crippen LogP contribution in [0.1, 0.15) is 32.1 Å². The van der Waals surface area contributed by atoms with Gasteiger partial charge in [-0.15, -0.1) is 0 Å². The molecule has 2 N–H and O–H groups in total. The Morgan fingerprint density at radius 3 is 2.67 bits per heavy atom. The second-order valence-electron chi connectivity index (χ2n) is 4.30. The van der Waals surface area contributed by atoms with Crippen molar-refractivity contribution in [2.75, 3.05) is 13.2 Å². The van der Waals surface area contributed by atoms with Gasteiger partial charge in [0, 0.05) is 6.04 Å². The number of nitrogens with zero attached hydrogens (tertiary/aromatic N) is 1. The number of urea groups is 1. The number of rotatable bonds is 1. The monoisotopic (exact) mass is 214 g/mol. The van der Waals surface area contributed by atoms with Gasteiger partial charge >= 0.3 is 6.03 Å². The highest BCUT2D eigenvalue weighted by atomic mass is 16.7. The van der Waals surface area contributed by atoms with Crippen molar-refractivity contribution < 1.29 is 14.7 Å². The molecular formula is C10H18N2O3. The number of carbonyl (C=O) groups is 1. The summed E-state index contributed by atoms with van der Waals surface area (Å²) in [6.07, 6.45) is 5.22. The van der Waals surface area contributed by atoms with Crippen LogP contribution in [-0.4, -0.2) is 41.5 Å². The van der Waals surface area contributed by atoms with Gasteiger partial charge in [0.2, 0.25) is 0 Å². The molecule has 1 aliphatic heterocycles. The quantitative estimate of drug-likeness (QED) is 0.673. The van der Waals surface area contributed by atoms with Crippen molar-refractivity contribution in [1.82, 2.24) is 10.4 Å². The zero-order valence-corrected chi connectivity index (χ0v) is 8.82. The van der Waals surface area contributed by atoms with E-state index >= 15 is 0 Å². The Balaban J connectivity index is 1.76. The van der Waals surface area contributed by atoms with Gasteiger partial charge < -0.3 is 10.4 Å². The maximum Gasteiger partial charge on any atom is 0.341 e. The number of nitrogens with one attached hydrogen (secondary N) is 1. The Hall–Kier alpha value is -0.810. The van der Waals surface area contributed by atoms with E-state index in [1.54, 1.807) is 0 Å². The van der Waals surface area contributed by atoms with Gasteiger partial charge in [0.15, 0.2) is 0 Å². The van der Waals surface area contributed by atoms with Crippen molar-refractivity contribution in [3.63, 3.8) is 0 Å². The van der Waals surface area contributed by atoms with Gasteiger partial charge in [-0.1, -0.05) is 19.3 Å². The molecule has 15 heavy (non-hydrogen) atoms. The lowest BCUT2D eigenvalue weighted by Gasteiger charge is -2.25. The molecule has 1 atom stereocenters. The smallest absolute Gasteiger partial charge is 0.341 e. The normalized spacial score (nSPS) is 28.1. The number of hydroxylamine groups is 2. The van der Waals surface area contributed by atoms with E-state index < -0.39 is 6.10 Å². The molecule has 0 aromatic heterocycles. The number of aliphatic hydroxyl groups is 1. The van der Waals surface area contributed by atoms with Crippen LogP contribution in [0.2, 0.25) is 0 Å². The minimum absolute atomic E-state index is 0.210. The maximum absolute atomic E-state index is 11.6. The highest BCUT2D eigenvalue weighted by Gasteiger charge is 2.27. The standard InChI is InChI=1S/C10H18N2O3/c13-9-6-12(15-7-9)10(14)11-8-4-2-1-3-5-8/h8-9,13H,1-7H2,(H,11,14)/t9-/m1/s1. The summed E-state index contributed by atoms with van der Waals surface area (Å²) in [5, 5.41) is 13.4.